The quantitative estimate of drug-likeness (QED) is 0.627. The fourth-order valence-corrected chi connectivity index (χ4v) is 1.80. The Morgan fingerprint density at radius 3 is 3.07 bits per heavy atom. The van der Waals surface area contributed by atoms with Crippen molar-refractivity contribution in [2.45, 2.75) is 26.2 Å². The Labute approximate surface area is 92.5 Å². The molecule has 1 rings (SSSR count). The molecule has 0 aromatic heterocycles. The van der Waals surface area contributed by atoms with Gasteiger partial charge in [-0.3, -0.25) is 0 Å². The number of nitrogens with one attached hydrogen (secondary N) is 1. The third-order valence-corrected chi connectivity index (χ3v) is 2.88. The number of aliphatic hydroxyl groups excluding tert-OH is 1. The molecule has 3 nitrogen and oxygen atoms in total. The Morgan fingerprint density at radius 2 is 2.47 bits per heavy atom. The summed E-state index contributed by atoms with van der Waals surface area (Å²) in [5, 5.41) is 12.3. The highest BCUT2D eigenvalue weighted by Crippen LogP contribution is 2.07. The molecule has 0 saturated heterocycles. The molecule has 0 aromatic carbocycles. The minimum absolute atomic E-state index is 0.298. The zero-order valence-electron chi connectivity index (χ0n) is 9.67. The van der Waals surface area contributed by atoms with Crippen LogP contribution in [0.25, 0.3) is 0 Å². The van der Waals surface area contributed by atoms with Gasteiger partial charge in [0.25, 0.3) is 0 Å². The van der Waals surface area contributed by atoms with Crippen molar-refractivity contribution in [1.82, 2.24) is 5.32 Å². The molecule has 1 aliphatic rings. The molecule has 0 aromatic rings. The summed E-state index contributed by atoms with van der Waals surface area (Å²) in [6.07, 6.45) is 5.34. The van der Waals surface area contributed by atoms with Gasteiger partial charge in [0.1, 0.15) is 0 Å². The van der Waals surface area contributed by atoms with Crippen molar-refractivity contribution >= 4 is 0 Å². The SMILES string of the molecule is CCC(CCO)CNCC1=CCCOC1. The predicted octanol–water partition coefficient (Wildman–Crippen LogP) is 1.33. The average molecular weight is 213 g/mol. The van der Waals surface area contributed by atoms with Crippen LogP contribution in [0, 0.1) is 5.92 Å². The summed E-state index contributed by atoms with van der Waals surface area (Å²) >= 11 is 0. The van der Waals surface area contributed by atoms with E-state index in [1.165, 1.54) is 5.57 Å². The van der Waals surface area contributed by atoms with E-state index in [2.05, 4.69) is 18.3 Å². The third-order valence-electron chi connectivity index (χ3n) is 2.88. The highest BCUT2D eigenvalue weighted by Gasteiger charge is 2.06. The van der Waals surface area contributed by atoms with Gasteiger partial charge in [-0.15, -0.1) is 0 Å². The van der Waals surface area contributed by atoms with Crippen LogP contribution < -0.4 is 5.32 Å². The predicted molar refractivity (Wildman–Crippen MR) is 61.9 cm³/mol. The lowest BCUT2D eigenvalue weighted by atomic mass is 10.0. The van der Waals surface area contributed by atoms with Gasteiger partial charge in [-0.1, -0.05) is 19.4 Å². The first-order valence-corrected chi connectivity index (χ1v) is 5.94. The third kappa shape index (κ3) is 5.30. The van der Waals surface area contributed by atoms with Gasteiger partial charge in [-0.05, 0) is 30.9 Å². The Kier molecular flexibility index (Phi) is 6.64. The van der Waals surface area contributed by atoms with E-state index in [0.717, 1.165) is 45.6 Å². The Hall–Kier alpha value is -0.380. The van der Waals surface area contributed by atoms with Gasteiger partial charge in [-0.2, -0.15) is 0 Å². The number of hydrogen-bond acceptors (Lipinski definition) is 3. The van der Waals surface area contributed by atoms with Gasteiger partial charge in [0, 0.05) is 13.2 Å². The molecule has 1 atom stereocenters. The lowest BCUT2D eigenvalue weighted by Crippen LogP contribution is -2.27. The minimum atomic E-state index is 0.298. The van der Waals surface area contributed by atoms with Crippen molar-refractivity contribution in [1.29, 1.82) is 0 Å². The second kappa shape index (κ2) is 7.85. The van der Waals surface area contributed by atoms with Crippen LogP contribution >= 0.6 is 0 Å². The van der Waals surface area contributed by atoms with Crippen molar-refractivity contribution in [3.05, 3.63) is 11.6 Å². The highest BCUT2D eigenvalue weighted by molar-refractivity contribution is 5.06. The van der Waals surface area contributed by atoms with Crippen LogP contribution in [-0.2, 0) is 4.74 Å². The first-order chi connectivity index (χ1) is 7.36. The lowest BCUT2D eigenvalue weighted by molar-refractivity contribution is 0.148. The van der Waals surface area contributed by atoms with Gasteiger partial charge in [0.2, 0.25) is 0 Å². The molecule has 2 N–H and O–H groups in total. The molecule has 0 saturated carbocycles. The molecule has 3 heteroatoms. The zero-order chi connectivity index (χ0) is 10.9. The monoisotopic (exact) mass is 213 g/mol. The summed E-state index contributed by atoms with van der Waals surface area (Å²) < 4.78 is 5.37. The molecule has 1 aliphatic heterocycles. The fourth-order valence-electron chi connectivity index (χ4n) is 1.80. The molecule has 1 heterocycles. The summed E-state index contributed by atoms with van der Waals surface area (Å²) in [7, 11) is 0. The molecule has 15 heavy (non-hydrogen) atoms. The van der Waals surface area contributed by atoms with Crippen LogP contribution in [-0.4, -0.2) is 38.0 Å². The van der Waals surface area contributed by atoms with E-state index in [9.17, 15) is 0 Å². The van der Waals surface area contributed by atoms with Crippen molar-refractivity contribution in [3.8, 4) is 0 Å². The van der Waals surface area contributed by atoms with Crippen molar-refractivity contribution in [2.75, 3.05) is 32.9 Å². The van der Waals surface area contributed by atoms with E-state index in [-0.39, 0.29) is 0 Å². The zero-order valence-corrected chi connectivity index (χ0v) is 9.67. The minimum Gasteiger partial charge on any atom is -0.396 e. The standard InChI is InChI=1S/C12H23NO2/c1-2-11(5-6-14)8-13-9-12-4-3-7-15-10-12/h4,11,13-14H,2-3,5-10H2,1H3. The Bertz CT molecular complexity index is 192. The summed E-state index contributed by atoms with van der Waals surface area (Å²) in [6.45, 7) is 6.04. The molecule has 0 aliphatic carbocycles. The van der Waals surface area contributed by atoms with Crippen LogP contribution in [0.15, 0.2) is 11.6 Å². The second-order valence-corrected chi connectivity index (χ2v) is 4.12. The summed E-state index contributed by atoms with van der Waals surface area (Å²) in [5.41, 5.74) is 1.36. The van der Waals surface area contributed by atoms with E-state index < -0.39 is 0 Å². The summed E-state index contributed by atoms with van der Waals surface area (Å²) in [4.78, 5) is 0. The topological polar surface area (TPSA) is 41.5 Å². The van der Waals surface area contributed by atoms with Crippen molar-refractivity contribution in [3.63, 3.8) is 0 Å². The summed E-state index contributed by atoms with van der Waals surface area (Å²) in [5.74, 6) is 0.597. The smallest absolute Gasteiger partial charge is 0.0689 e. The maximum Gasteiger partial charge on any atom is 0.0689 e. The normalized spacial score (nSPS) is 18.7. The maximum absolute atomic E-state index is 8.86. The van der Waals surface area contributed by atoms with E-state index in [0.29, 0.717) is 12.5 Å². The number of ether oxygens (including phenoxy) is 1. The molecule has 0 radical (unpaired) electrons. The number of hydrogen-bond donors (Lipinski definition) is 2. The molecule has 0 amide bonds. The van der Waals surface area contributed by atoms with E-state index >= 15 is 0 Å². The molecule has 0 fully saturated rings. The van der Waals surface area contributed by atoms with Crippen LogP contribution in [0.2, 0.25) is 0 Å². The molecule has 0 spiro atoms. The molecular formula is C12H23NO2. The van der Waals surface area contributed by atoms with Crippen LogP contribution in [0.3, 0.4) is 0 Å². The average Bonchev–Trinajstić information content (AvgIpc) is 2.29. The van der Waals surface area contributed by atoms with E-state index in [4.69, 9.17) is 9.84 Å². The van der Waals surface area contributed by atoms with Gasteiger partial charge < -0.3 is 15.2 Å². The van der Waals surface area contributed by atoms with Gasteiger partial charge >= 0.3 is 0 Å². The molecule has 88 valence electrons. The lowest BCUT2D eigenvalue weighted by Gasteiger charge is -2.17. The Morgan fingerprint density at radius 1 is 1.60 bits per heavy atom. The van der Waals surface area contributed by atoms with Crippen molar-refractivity contribution < 1.29 is 9.84 Å². The first-order valence-electron chi connectivity index (χ1n) is 5.94. The van der Waals surface area contributed by atoms with E-state index in [1.807, 2.05) is 0 Å². The highest BCUT2D eigenvalue weighted by atomic mass is 16.5. The largest absolute Gasteiger partial charge is 0.396 e. The molecular weight excluding hydrogens is 190 g/mol. The number of aliphatic hydroxyl groups is 1. The van der Waals surface area contributed by atoms with Gasteiger partial charge in [-0.25, -0.2) is 0 Å². The van der Waals surface area contributed by atoms with Crippen LogP contribution in [0.1, 0.15) is 26.2 Å². The fraction of sp³-hybridized carbons (Fsp3) is 0.833. The van der Waals surface area contributed by atoms with Gasteiger partial charge in [0.15, 0.2) is 0 Å². The van der Waals surface area contributed by atoms with Gasteiger partial charge in [0.05, 0.1) is 13.2 Å². The summed E-state index contributed by atoms with van der Waals surface area (Å²) in [6, 6.07) is 0. The first kappa shape index (κ1) is 12.7. The van der Waals surface area contributed by atoms with Crippen molar-refractivity contribution in [2.24, 2.45) is 5.92 Å². The van der Waals surface area contributed by atoms with Crippen LogP contribution in [0.5, 0.6) is 0 Å². The van der Waals surface area contributed by atoms with E-state index in [1.54, 1.807) is 0 Å². The Balaban J connectivity index is 2.11. The molecule has 0 bridgehead atoms. The van der Waals surface area contributed by atoms with Crippen LogP contribution in [0.4, 0.5) is 0 Å². The number of rotatable bonds is 7. The second-order valence-electron chi connectivity index (χ2n) is 4.12. The molecule has 1 unspecified atom stereocenters. The maximum atomic E-state index is 8.86.